The fourth-order valence-electron chi connectivity index (χ4n) is 4.48. The van der Waals surface area contributed by atoms with Crippen molar-refractivity contribution in [3.63, 3.8) is 0 Å². The molecule has 0 spiro atoms. The maximum Gasteiger partial charge on any atom is 0.316 e. The molecular weight excluding hydrogens is 553 g/mol. The van der Waals surface area contributed by atoms with E-state index in [1.807, 2.05) is 49.5 Å². The Bertz CT molecular complexity index is 1490. The van der Waals surface area contributed by atoms with Gasteiger partial charge in [-0.3, -0.25) is 4.79 Å². The fourth-order valence-corrected chi connectivity index (χ4v) is 4.75. The number of nitrogens with zero attached hydrogens (tertiary/aromatic N) is 3. The summed E-state index contributed by atoms with van der Waals surface area (Å²) >= 11 is 3.45. The molecule has 0 aliphatic carbocycles. The Hall–Kier alpha value is -4.02. The number of aryl methyl sites for hydroxylation is 1. The molecule has 38 heavy (non-hydrogen) atoms. The maximum absolute atomic E-state index is 13.7. The van der Waals surface area contributed by atoms with Crippen LogP contribution in [0.5, 0.6) is 0 Å². The minimum atomic E-state index is -0.649. The van der Waals surface area contributed by atoms with Crippen molar-refractivity contribution in [3.8, 4) is 16.9 Å². The predicted octanol–water partition coefficient (Wildman–Crippen LogP) is 5.34. The minimum absolute atomic E-state index is 0.0442. The molecule has 1 unspecified atom stereocenters. The highest BCUT2D eigenvalue weighted by Crippen LogP contribution is 2.35. The van der Waals surface area contributed by atoms with E-state index in [9.17, 15) is 14.0 Å². The van der Waals surface area contributed by atoms with Gasteiger partial charge in [-0.1, -0.05) is 28.1 Å². The number of ether oxygens (including phenoxy) is 1. The molecule has 3 aromatic carbocycles. The number of primary amides is 1. The normalized spacial score (nSPS) is 15.2. The van der Waals surface area contributed by atoms with Gasteiger partial charge in [0, 0.05) is 34.0 Å². The Kier molecular flexibility index (Phi) is 7.26. The van der Waals surface area contributed by atoms with Gasteiger partial charge in [-0.05, 0) is 79.1 Å². The van der Waals surface area contributed by atoms with Crippen LogP contribution in [-0.2, 0) is 16.0 Å². The third kappa shape index (κ3) is 5.46. The highest BCUT2D eigenvalue weighted by Gasteiger charge is 2.36. The summed E-state index contributed by atoms with van der Waals surface area (Å²) in [5, 5.41) is 7.39. The number of hydrogen-bond acceptors (Lipinski definition) is 4. The lowest BCUT2D eigenvalue weighted by atomic mass is 10.1. The van der Waals surface area contributed by atoms with E-state index in [1.165, 1.54) is 12.1 Å². The van der Waals surface area contributed by atoms with Gasteiger partial charge in [-0.25, -0.2) is 13.9 Å². The number of urea groups is 1. The molecule has 0 radical (unpaired) electrons. The summed E-state index contributed by atoms with van der Waals surface area (Å²) in [6, 6.07) is 18.8. The first-order valence-electron chi connectivity index (χ1n) is 12.0. The summed E-state index contributed by atoms with van der Waals surface area (Å²) in [4.78, 5) is 25.8. The van der Waals surface area contributed by atoms with Crippen molar-refractivity contribution in [2.75, 3.05) is 18.5 Å². The third-order valence-corrected chi connectivity index (χ3v) is 6.90. The van der Waals surface area contributed by atoms with Crippen molar-refractivity contribution in [1.29, 1.82) is 0 Å². The third-order valence-electron chi connectivity index (χ3n) is 6.38. The first kappa shape index (κ1) is 25.6. The van der Waals surface area contributed by atoms with Crippen LogP contribution in [0.4, 0.5) is 14.9 Å². The number of halogens is 2. The molecule has 1 aromatic heterocycles. The number of hydrogen-bond donors (Lipinski definition) is 2. The molecule has 4 aromatic rings. The van der Waals surface area contributed by atoms with E-state index >= 15 is 0 Å². The molecule has 1 aliphatic rings. The van der Waals surface area contributed by atoms with Gasteiger partial charge < -0.3 is 20.7 Å². The van der Waals surface area contributed by atoms with Crippen LogP contribution in [0, 0.1) is 12.7 Å². The monoisotopic (exact) mass is 577 g/mol. The number of nitrogens with two attached hydrogens (primary N) is 1. The van der Waals surface area contributed by atoms with Crippen LogP contribution in [0.25, 0.3) is 16.9 Å². The van der Waals surface area contributed by atoms with Gasteiger partial charge in [0.25, 0.3) is 5.91 Å². The van der Waals surface area contributed by atoms with E-state index in [-0.39, 0.29) is 18.3 Å². The molecule has 0 saturated carbocycles. The van der Waals surface area contributed by atoms with Crippen molar-refractivity contribution >= 4 is 33.6 Å². The average molecular weight is 578 g/mol. The van der Waals surface area contributed by atoms with Crippen molar-refractivity contribution in [2.24, 2.45) is 5.73 Å². The fraction of sp³-hybridized carbons (Fsp3) is 0.179. The number of anilines is 1. The van der Waals surface area contributed by atoms with Crippen LogP contribution in [0.15, 0.2) is 77.4 Å². The molecule has 5 rings (SSSR count). The zero-order chi connectivity index (χ0) is 26.8. The van der Waals surface area contributed by atoms with Crippen LogP contribution in [0.3, 0.4) is 0 Å². The highest BCUT2D eigenvalue weighted by molar-refractivity contribution is 9.10. The second-order valence-corrected chi connectivity index (χ2v) is 9.92. The van der Waals surface area contributed by atoms with Gasteiger partial charge in [-0.2, -0.15) is 5.10 Å². The molecular formula is C28H25BrFN5O3. The first-order valence-corrected chi connectivity index (χ1v) is 12.8. The number of carbonyl (C=O) groups excluding carboxylic acids is 2. The maximum atomic E-state index is 13.7. The second-order valence-electron chi connectivity index (χ2n) is 9.00. The van der Waals surface area contributed by atoms with E-state index in [2.05, 4.69) is 21.2 Å². The molecule has 1 fully saturated rings. The summed E-state index contributed by atoms with van der Waals surface area (Å²) in [7, 11) is 0. The van der Waals surface area contributed by atoms with Crippen LogP contribution in [-0.4, -0.2) is 39.8 Å². The Morgan fingerprint density at radius 3 is 2.58 bits per heavy atom. The average Bonchev–Trinajstić information content (AvgIpc) is 3.48. The molecule has 1 aliphatic heterocycles. The van der Waals surface area contributed by atoms with Crippen LogP contribution in [0.1, 0.15) is 22.9 Å². The van der Waals surface area contributed by atoms with Gasteiger partial charge in [-0.15, -0.1) is 0 Å². The minimum Gasteiger partial charge on any atom is -0.351 e. The van der Waals surface area contributed by atoms with Gasteiger partial charge in [0.1, 0.15) is 18.1 Å². The first-order chi connectivity index (χ1) is 18.3. The standard InChI is InChI=1S/C28H25BrFN5O3/c1-17-14-18(2-11-24(17)32-28(31)37)12-13-34-25(36)16-38-27(34)23-15-35(22-9-5-20(29)6-10-22)33-26(23)19-3-7-21(30)8-4-19/h2-11,14-15,27H,12-13,16H2,1H3,(H3,31,32,37). The Morgan fingerprint density at radius 1 is 1.16 bits per heavy atom. The smallest absolute Gasteiger partial charge is 0.316 e. The van der Waals surface area contributed by atoms with Crippen LogP contribution in [0.2, 0.25) is 0 Å². The number of nitrogens with one attached hydrogen (secondary N) is 1. The molecule has 10 heteroatoms. The summed E-state index contributed by atoms with van der Waals surface area (Å²) in [6.07, 6.45) is 1.78. The van der Waals surface area contributed by atoms with E-state index in [4.69, 9.17) is 15.6 Å². The number of rotatable bonds is 7. The zero-order valence-electron chi connectivity index (χ0n) is 20.5. The molecule has 1 atom stereocenters. The number of amides is 3. The van der Waals surface area contributed by atoms with E-state index in [0.29, 0.717) is 35.5 Å². The summed E-state index contributed by atoms with van der Waals surface area (Å²) in [6.45, 7) is 2.25. The summed E-state index contributed by atoms with van der Waals surface area (Å²) in [5.41, 5.74) is 10.6. The Balaban J connectivity index is 1.45. The summed E-state index contributed by atoms with van der Waals surface area (Å²) < 4.78 is 22.3. The van der Waals surface area contributed by atoms with Gasteiger partial charge in [0.05, 0.1) is 5.69 Å². The molecule has 2 heterocycles. The lowest BCUT2D eigenvalue weighted by Crippen LogP contribution is -2.30. The Labute approximate surface area is 227 Å². The molecule has 3 N–H and O–H groups in total. The zero-order valence-corrected chi connectivity index (χ0v) is 22.1. The van der Waals surface area contributed by atoms with Crippen LogP contribution < -0.4 is 11.1 Å². The largest absolute Gasteiger partial charge is 0.351 e. The van der Waals surface area contributed by atoms with E-state index < -0.39 is 12.3 Å². The second kappa shape index (κ2) is 10.8. The van der Waals surface area contributed by atoms with Crippen molar-refractivity contribution < 1.29 is 18.7 Å². The van der Waals surface area contributed by atoms with E-state index in [0.717, 1.165) is 21.3 Å². The van der Waals surface area contributed by atoms with Gasteiger partial charge in [0.15, 0.2) is 6.23 Å². The predicted molar refractivity (Wildman–Crippen MR) is 145 cm³/mol. The number of benzene rings is 3. The summed E-state index contributed by atoms with van der Waals surface area (Å²) in [5.74, 6) is -0.468. The molecule has 1 saturated heterocycles. The molecule has 194 valence electrons. The topological polar surface area (TPSA) is 102 Å². The quantitative estimate of drug-likeness (QED) is 0.309. The molecule has 3 amide bonds. The van der Waals surface area contributed by atoms with Crippen molar-refractivity contribution in [1.82, 2.24) is 14.7 Å². The van der Waals surface area contributed by atoms with E-state index in [1.54, 1.807) is 27.8 Å². The lowest BCUT2D eigenvalue weighted by molar-refractivity contribution is -0.128. The molecule has 0 bridgehead atoms. The van der Waals surface area contributed by atoms with Gasteiger partial charge in [0.2, 0.25) is 0 Å². The lowest BCUT2D eigenvalue weighted by Gasteiger charge is -2.23. The van der Waals surface area contributed by atoms with Crippen molar-refractivity contribution in [2.45, 2.75) is 19.6 Å². The Morgan fingerprint density at radius 2 is 1.89 bits per heavy atom. The molecule has 8 nitrogen and oxygen atoms in total. The van der Waals surface area contributed by atoms with Crippen LogP contribution >= 0.6 is 15.9 Å². The number of carbonyl (C=O) groups is 2. The van der Waals surface area contributed by atoms with Gasteiger partial charge >= 0.3 is 6.03 Å². The van der Waals surface area contributed by atoms with Crippen molar-refractivity contribution in [3.05, 3.63) is 99.9 Å². The number of aromatic nitrogens is 2. The highest BCUT2D eigenvalue weighted by atomic mass is 79.9. The SMILES string of the molecule is Cc1cc(CCN2C(=O)COC2c2cn(-c3ccc(Br)cc3)nc2-c2ccc(F)cc2)ccc1NC(N)=O.